The zero-order chi connectivity index (χ0) is 10.3. The molecule has 15 heavy (non-hydrogen) atoms. The van der Waals surface area contributed by atoms with Crippen molar-refractivity contribution >= 4 is 11.6 Å². The van der Waals surface area contributed by atoms with Crippen LogP contribution in [-0.4, -0.2) is 21.1 Å². The van der Waals surface area contributed by atoms with Crippen molar-refractivity contribution in [2.75, 3.05) is 11.9 Å². The third kappa shape index (κ3) is 1.79. The summed E-state index contributed by atoms with van der Waals surface area (Å²) in [5.41, 5.74) is 2.10. The van der Waals surface area contributed by atoms with Crippen LogP contribution in [-0.2, 0) is 0 Å². The van der Waals surface area contributed by atoms with E-state index < -0.39 is 0 Å². The van der Waals surface area contributed by atoms with Gasteiger partial charge in [-0.15, -0.1) is 5.10 Å². The molecule has 1 fully saturated rings. The number of anilines is 1. The summed E-state index contributed by atoms with van der Waals surface area (Å²) in [6, 6.07) is 4.04. The number of nitrogens with one attached hydrogen (secondary N) is 1. The largest absolute Gasteiger partial charge is 0.353 e. The number of aromatic nitrogens is 3. The predicted octanol–water partition coefficient (Wildman–Crippen LogP) is 1.86. The molecule has 0 saturated heterocycles. The van der Waals surface area contributed by atoms with Crippen molar-refractivity contribution in [2.24, 2.45) is 5.92 Å². The van der Waals surface area contributed by atoms with E-state index in [1.807, 2.05) is 16.8 Å². The van der Waals surface area contributed by atoms with Crippen LogP contribution in [0.2, 0.25) is 0 Å². The standard InChI is InChI=1S/C11H14N4/c1-8-2-5-10-13-11(14-15(10)7-8)12-6-9-3-4-9/h2,5,7,9H,3-4,6H2,1H3,(H,12,14). The Morgan fingerprint density at radius 1 is 1.47 bits per heavy atom. The summed E-state index contributed by atoms with van der Waals surface area (Å²) in [5.74, 6) is 1.59. The molecule has 2 aromatic heterocycles. The quantitative estimate of drug-likeness (QED) is 0.826. The summed E-state index contributed by atoms with van der Waals surface area (Å²) in [5, 5.41) is 7.64. The number of nitrogens with zero attached hydrogens (tertiary/aromatic N) is 3. The molecule has 1 N–H and O–H groups in total. The minimum Gasteiger partial charge on any atom is -0.353 e. The minimum atomic E-state index is 0.743. The molecule has 0 bridgehead atoms. The fourth-order valence-electron chi connectivity index (χ4n) is 1.62. The van der Waals surface area contributed by atoms with Gasteiger partial charge in [0.25, 0.3) is 0 Å². The van der Waals surface area contributed by atoms with E-state index in [1.54, 1.807) is 0 Å². The molecule has 4 heteroatoms. The first-order chi connectivity index (χ1) is 7.31. The summed E-state index contributed by atoms with van der Waals surface area (Å²) in [7, 11) is 0. The van der Waals surface area contributed by atoms with E-state index in [4.69, 9.17) is 0 Å². The second-order valence-electron chi connectivity index (χ2n) is 4.27. The molecule has 0 spiro atoms. The van der Waals surface area contributed by atoms with Gasteiger partial charge in [0.05, 0.1) is 0 Å². The molecule has 0 unspecified atom stereocenters. The summed E-state index contributed by atoms with van der Waals surface area (Å²) in [6.45, 7) is 3.06. The lowest BCUT2D eigenvalue weighted by atomic mass is 10.3. The normalized spacial score (nSPS) is 15.8. The van der Waals surface area contributed by atoms with Crippen LogP contribution in [0, 0.1) is 12.8 Å². The Bertz CT molecular complexity index is 484. The van der Waals surface area contributed by atoms with Crippen LogP contribution >= 0.6 is 0 Å². The lowest BCUT2D eigenvalue weighted by molar-refractivity contribution is 0.866. The van der Waals surface area contributed by atoms with Gasteiger partial charge in [-0.1, -0.05) is 6.07 Å². The third-order valence-corrected chi connectivity index (χ3v) is 2.72. The maximum absolute atomic E-state index is 4.39. The Hall–Kier alpha value is -1.58. The summed E-state index contributed by atoms with van der Waals surface area (Å²) in [6.07, 6.45) is 4.68. The van der Waals surface area contributed by atoms with Gasteiger partial charge in [0.1, 0.15) is 0 Å². The smallest absolute Gasteiger partial charge is 0.243 e. The lowest BCUT2D eigenvalue weighted by Crippen LogP contribution is -2.04. The van der Waals surface area contributed by atoms with Gasteiger partial charge < -0.3 is 5.32 Å². The van der Waals surface area contributed by atoms with Crippen LogP contribution in [0.1, 0.15) is 18.4 Å². The van der Waals surface area contributed by atoms with Gasteiger partial charge >= 0.3 is 0 Å². The van der Waals surface area contributed by atoms with Crippen LogP contribution in [0.4, 0.5) is 5.95 Å². The van der Waals surface area contributed by atoms with Crippen molar-refractivity contribution < 1.29 is 0 Å². The number of hydrogen-bond acceptors (Lipinski definition) is 3. The number of hydrogen-bond donors (Lipinski definition) is 1. The van der Waals surface area contributed by atoms with Crippen LogP contribution in [0.3, 0.4) is 0 Å². The van der Waals surface area contributed by atoms with Crippen molar-refractivity contribution in [3.63, 3.8) is 0 Å². The van der Waals surface area contributed by atoms with Crippen molar-refractivity contribution in [1.29, 1.82) is 0 Å². The Labute approximate surface area is 88.3 Å². The molecule has 1 aliphatic carbocycles. The van der Waals surface area contributed by atoms with Crippen molar-refractivity contribution in [3.8, 4) is 0 Å². The van der Waals surface area contributed by atoms with E-state index >= 15 is 0 Å². The Balaban J connectivity index is 1.84. The predicted molar refractivity (Wildman–Crippen MR) is 58.9 cm³/mol. The molecule has 1 aliphatic rings. The van der Waals surface area contributed by atoms with Gasteiger partial charge in [0, 0.05) is 12.7 Å². The minimum absolute atomic E-state index is 0.743. The molecule has 3 rings (SSSR count). The average molecular weight is 202 g/mol. The molecule has 0 aromatic carbocycles. The van der Waals surface area contributed by atoms with Gasteiger partial charge in [0.15, 0.2) is 5.65 Å². The van der Waals surface area contributed by atoms with Gasteiger partial charge in [0.2, 0.25) is 5.95 Å². The second-order valence-corrected chi connectivity index (χ2v) is 4.27. The first-order valence-electron chi connectivity index (χ1n) is 5.38. The number of rotatable bonds is 3. The van der Waals surface area contributed by atoms with Crippen LogP contribution in [0.15, 0.2) is 18.3 Å². The molecule has 0 radical (unpaired) electrons. The van der Waals surface area contributed by atoms with E-state index in [0.29, 0.717) is 0 Å². The van der Waals surface area contributed by atoms with E-state index in [9.17, 15) is 0 Å². The number of fused-ring (bicyclic) bond motifs is 1. The summed E-state index contributed by atoms with van der Waals surface area (Å²) < 4.78 is 1.82. The van der Waals surface area contributed by atoms with E-state index in [2.05, 4.69) is 28.4 Å². The molecule has 2 aromatic rings. The van der Waals surface area contributed by atoms with E-state index in [-0.39, 0.29) is 0 Å². The molecular formula is C11H14N4. The maximum atomic E-state index is 4.39. The van der Waals surface area contributed by atoms with Crippen LogP contribution in [0.25, 0.3) is 5.65 Å². The molecule has 0 amide bonds. The summed E-state index contributed by atoms with van der Waals surface area (Å²) in [4.78, 5) is 4.39. The van der Waals surface area contributed by atoms with Crippen molar-refractivity contribution in [3.05, 3.63) is 23.9 Å². The highest BCUT2D eigenvalue weighted by Crippen LogP contribution is 2.28. The number of aryl methyl sites for hydroxylation is 1. The SMILES string of the molecule is Cc1ccc2nc(NCC3CC3)nn2c1. The molecule has 78 valence electrons. The fourth-order valence-corrected chi connectivity index (χ4v) is 1.62. The second kappa shape index (κ2) is 3.22. The summed E-state index contributed by atoms with van der Waals surface area (Å²) >= 11 is 0. The van der Waals surface area contributed by atoms with E-state index in [0.717, 1.165) is 24.1 Å². The Morgan fingerprint density at radius 2 is 2.33 bits per heavy atom. The Morgan fingerprint density at radius 3 is 3.13 bits per heavy atom. The van der Waals surface area contributed by atoms with Gasteiger partial charge in [-0.3, -0.25) is 0 Å². The molecule has 2 heterocycles. The first kappa shape index (κ1) is 8.71. The van der Waals surface area contributed by atoms with Gasteiger partial charge in [-0.25, -0.2) is 4.52 Å². The third-order valence-electron chi connectivity index (χ3n) is 2.72. The zero-order valence-electron chi connectivity index (χ0n) is 8.77. The molecule has 0 atom stereocenters. The number of pyridine rings is 1. The van der Waals surface area contributed by atoms with E-state index in [1.165, 1.54) is 18.4 Å². The average Bonchev–Trinajstić information content (AvgIpc) is 2.95. The van der Waals surface area contributed by atoms with Gasteiger partial charge in [-0.05, 0) is 37.3 Å². The van der Waals surface area contributed by atoms with Gasteiger partial charge in [-0.2, -0.15) is 4.98 Å². The highest BCUT2D eigenvalue weighted by molar-refractivity contribution is 5.44. The van der Waals surface area contributed by atoms with Crippen molar-refractivity contribution in [2.45, 2.75) is 19.8 Å². The Kier molecular flexibility index (Phi) is 1.87. The lowest BCUT2D eigenvalue weighted by Gasteiger charge is -1.96. The molecule has 4 nitrogen and oxygen atoms in total. The zero-order valence-corrected chi connectivity index (χ0v) is 8.77. The monoisotopic (exact) mass is 202 g/mol. The molecule has 1 saturated carbocycles. The first-order valence-corrected chi connectivity index (χ1v) is 5.38. The molecule has 0 aliphatic heterocycles. The molecular weight excluding hydrogens is 188 g/mol. The topological polar surface area (TPSA) is 42.2 Å². The highest BCUT2D eigenvalue weighted by atomic mass is 15.3. The highest BCUT2D eigenvalue weighted by Gasteiger charge is 2.21. The van der Waals surface area contributed by atoms with Crippen molar-refractivity contribution in [1.82, 2.24) is 14.6 Å². The van der Waals surface area contributed by atoms with Crippen LogP contribution < -0.4 is 5.32 Å². The fraction of sp³-hybridized carbons (Fsp3) is 0.455. The maximum Gasteiger partial charge on any atom is 0.243 e. The van der Waals surface area contributed by atoms with Crippen LogP contribution in [0.5, 0.6) is 0 Å².